The van der Waals surface area contributed by atoms with E-state index in [1.807, 2.05) is 0 Å². The van der Waals surface area contributed by atoms with E-state index in [1.165, 1.54) is 32.1 Å². The lowest BCUT2D eigenvalue weighted by molar-refractivity contribution is 0.0706. The van der Waals surface area contributed by atoms with Gasteiger partial charge in [-0.2, -0.15) is 0 Å². The van der Waals surface area contributed by atoms with Crippen molar-refractivity contribution >= 4 is 11.6 Å². The summed E-state index contributed by atoms with van der Waals surface area (Å²) in [5.41, 5.74) is 0.0127. The number of carbonyl (C=O) groups is 2. The van der Waals surface area contributed by atoms with Crippen LogP contribution in [0.25, 0.3) is 0 Å². The summed E-state index contributed by atoms with van der Waals surface area (Å²) in [7, 11) is 0. The molecule has 2 nitrogen and oxygen atoms in total. The van der Waals surface area contributed by atoms with Crippen molar-refractivity contribution in [3.8, 4) is 11.8 Å². The third kappa shape index (κ3) is 4.28. The Morgan fingerprint density at radius 1 is 0.960 bits per heavy atom. The maximum absolute atomic E-state index is 12.8. The zero-order valence-corrected chi connectivity index (χ0v) is 15.3. The molecule has 25 heavy (non-hydrogen) atoms. The van der Waals surface area contributed by atoms with Crippen LogP contribution in [0.15, 0.2) is 36.9 Å². The van der Waals surface area contributed by atoms with Gasteiger partial charge in [-0.25, -0.2) is 0 Å². The van der Waals surface area contributed by atoms with Crippen molar-refractivity contribution in [1.82, 2.24) is 0 Å². The highest BCUT2D eigenvalue weighted by Gasteiger charge is 2.51. The molecule has 0 aliphatic heterocycles. The summed E-state index contributed by atoms with van der Waals surface area (Å²) in [4.78, 5) is 25.7. The molecule has 0 radical (unpaired) electrons. The normalized spacial score (nSPS) is 14.8. The lowest BCUT2D eigenvalue weighted by Gasteiger charge is -2.21. The number of hydrogen-bond donors (Lipinski definition) is 0. The smallest absolute Gasteiger partial charge is 0.178 e. The van der Waals surface area contributed by atoms with Gasteiger partial charge >= 0.3 is 0 Å². The molecule has 1 aromatic carbocycles. The Morgan fingerprint density at radius 3 is 2.16 bits per heavy atom. The van der Waals surface area contributed by atoms with Crippen molar-refractivity contribution in [3.63, 3.8) is 0 Å². The lowest BCUT2D eigenvalue weighted by atomic mass is 9.76. The zero-order valence-electron chi connectivity index (χ0n) is 15.3. The van der Waals surface area contributed by atoms with Gasteiger partial charge in [-0.1, -0.05) is 69.4 Å². The third-order valence-electron chi connectivity index (χ3n) is 4.95. The first kappa shape index (κ1) is 19.2. The molecule has 0 bridgehead atoms. The Balaban J connectivity index is 1.97. The second-order valence-electron chi connectivity index (χ2n) is 6.83. The molecule has 0 saturated heterocycles. The van der Waals surface area contributed by atoms with E-state index in [0.29, 0.717) is 24.0 Å². The van der Waals surface area contributed by atoms with Gasteiger partial charge in [0.15, 0.2) is 11.6 Å². The van der Waals surface area contributed by atoms with Gasteiger partial charge < -0.3 is 0 Å². The Kier molecular flexibility index (Phi) is 7.19. The maximum atomic E-state index is 12.8. The van der Waals surface area contributed by atoms with E-state index in [-0.39, 0.29) is 11.6 Å². The van der Waals surface area contributed by atoms with Crippen molar-refractivity contribution in [2.45, 2.75) is 64.7 Å². The van der Waals surface area contributed by atoms with Gasteiger partial charge in [-0.05, 0) is 12.8 Å². The van der Waals surface area contributed by atoms with Gasteiger partial charge in [-0.15, -0.1) is 18.4 Å². The summed E-state index contributed by atoms with van der Waals surface area (Å²) in [5, 5.41) is 0. The molecule has 1 aromatic rings. The van der Waals surface area contributed by atoms with Gasteiger partial charge in [0.2, 0.25) is 0 Å². The van der Waals surface area contributed by atoms with E-state index in [0.717, 1.165) is 12.8 Å². The number of unbranched alkanes of at least 4 members (excludes halogenated alkanes) is 6. The maximum Gasteiger partial charge on any atom is 0.178 e. The summed E-state index contributed by atoms with van der Waals surface area (Å²) < 4.78 is 0. The van der Waals surface area contributed by atoms with Crippen LogP contribution in [-0.4, -0.2) is 11.6 Å². The van der Waals surface area contributed by atoms with Gasteiger partial charge in [0.05, 0.1) is 0 Å². The van der Waals surface area contributed by atoms with Gasteiger partial charge in [0, 0.05) is 24.0 Å². The molecular formula is C23H28O2. The third-order valence-corrected chi connectivity index (χ3v) is 4.95. The molecule has 1 aliphatic rings. The van der Waals surface area contributed by atoms with Crippen LogP contribution in [0.1, 0.15) is 85.4 Å². The van der Waals surface area contributed by atoms with E-state index in [2.05, 4.69) is 25.3 Å². The molecular weight excluding hydrogens is 308 g/mol. The first-order valence-corrected chi connectivity index (χ1v) is 9.42. The SMILES string of the molecule is C=CCC1(CC#CCCCCCCCC)C(=O)c2ccccc2C1=O. The van der Waals surface area contributed by atoms with Crippen LogP contribution in [0.4, 0.5) is 0 Å². The summed E-state index contributed by atoms with van der Waals surface area (Å²) in [6.45, 7) is 5.96. The number of benzene rings is 1. The minimum atomic E-state index is -1.06. The Labute approximate surface area is 151 Å². The van der Waals surface area contributed by atoms with Crippen molar-refractivity contribution in [3.05, 3.63) is 48.0 Å². The fourth-order valence-corrected chi connectivity index (χ4v) is 3.46. The lowest BCUT2D eigenvalue weighted by Crippen LogP contribution is -2.32. The number of carbonyl (C=O) groups excluding carboxylic acids is 2. The summed E-state index contributed by atoms with van der Waals surface area (Å²) in [6.07, 6.45) is 10.6. The molecule has 0 saturated carbocycles. The zero-order chi connectivity index (χ0) is 18.1. The highest BCUT2D eigenvalue weighted by Crippen LogP contribution is 2.42. The van der Waals surface area contributed by atoms with E-state index < -0.39 is 5.41 Å². The minimum absolute atomic E-state index is 0.0955. The van der Waals surface area contributed by atoms with Crippen LogP contribution < -0.4 is 0 Å². The Hall–Kier alpha value is -2.14. The minimum Gasteiger partial charge on any atom is -0.293 e. The number of allylic oxidation sites excluding steroid dienone is 1. The van der Waals surface area contributed by atoms with Crippen LogP contribution in [0.2, 0.25) is 0 Å². The second kappa shape index (κ2) is 9.37. The average Bonchev–Trinajstić information content (AvgIpc) is 2.83. The molecule has 0 aromatic heterocycles. The van der Waals surface area contributed by atoms with Gasteiger partial charge in [0.25, 0.3) is 0 Å². The van der Waals surface area contributed by atoms with E-state index in [1.54, 1.807) is 30.3 Å². The molecule has 0 spiro atoms. The predicted octanol–water partition coefficient (Wildman–Crippen LogP) is 5.77. The molecule has 0 unspecified atom stereocenters. The first-order valence-electron chi connectivity index (χ1n) is 9.42. The number of fused-ring (bicyclic) bond motifs is 1. The van der Waals surface area contributed by atoms with E-state index in [9.17, 15) is 9.59 Å². The molecule has 2 heteroatoms. The van der Waals surface area contributed by atoms with Crippen LogP contribution in [0.3, 0.4) is 0 Å². The molecule has 0 atom stereocenters. The Bertz CT molecular complexity index is 653. The topological polar surface area (TPSA) is 34.1 Å². The van der Waals surface area contributed by atoms with Crippen LogP contribution in [0, 0.1) is 17.3 Å². The van der Waals surface area contributed by atoms with Gasteiger partial charge in [-0.3, -0.25) is 9.59 Å². The van der Waals surface area contributed by atoms with Crippen LogP contribution in [0.5, 0.6) is 0 Å². The fraction of sp³-hybridized carbons (Fsp3) is 0.478. The van der Waals surface area contributed by atoms with Crippen molar-refractivity contribution in [1.29, 1.82) is 0 Å². The number of hydrogen-bond acceptors (Lipinski definition) is 2. The number of ketones is 2. The first-order chi connectivity index (χ1) is 12.2. The largest absolute Gasteiger partial charge is 0.293 e. The Morgan fingerprint density at radius 2 is 1.56 bits per heavy atom. The molecule has 0 N–H and O–H groups in total. The quantitative estimate of drug-likeness (QED) is 0.248. The summed E-state index contributed by atoms with van der Waals surface area (Å²) in [5.74, 6) is 6.09. The van der Waals surface area contributed by atoms with Crippen LogP contribution >= 0.6 is 0 Å². The molecule has 1 aliphatic carbocycles. The highest BCUT2D eigenvalue weighted by molar-refractivity contribution is 6.29. The highest BCUT2D eigenvalue weighted by atomic mass is 16.2. The number of Topliss-reactive ketones (excluding diaryl/α,β-unsaturated/α-hetero) is 2. The van der Waals surface area contributed by atoms with Crippen molar-refractivity contribution in [2.24, 2.45) is 5.41 Å². The average molecular weight is 336 g/mol. The summed E-state index contributed by atoms with van der Waals surface area (Å²) >= 11 is 0. The van der Waals surface area contributed by atoms with E-state index >= 15 is 0 Å². The van der Waals surface area contributed by atoms with Crippen LogP contribution in [-0.2, 0) is 0 Å². The van der Waals surface area contributed by atoms with Gasteiger partial charge in [0.1, 0.15) is 5.41 Å². The standard InChI is InChI=1S/C23H28O2/c1-3-5-6-7-8-9-10-11-14-18-23(17-4-2)21(24)19-15-12-13-16-20(19)22(23)25/h4,12-13,15-16H,2-3,5-10,17-18H2,1H3. The number of rotatable bonds is 9. The fourth-order valence-electron chi connectivity index (χ4n) is 3.46. The van der Waals surface area contributed by atoms with Crippen molar-refractivity contribution in [2.75, 3.05) is 0 Å². The molecule has 2 rings (SSSR count). The molecule has 0 fully saturated rings. The monoisotopic (exact) mass is 336 g/mol. The molecule has 0 amide bonds. The molecule has 132 valence electrons. The van der Waals surface area contributed by atoms with Crippen molar-refractivity contribution < 1.29 is 9.59 Å². The predicted molar refractivity (Wildman–Crippen MR) is 103 cm³/mol. The molecule has 0 heterocycles. The summed E-state index contributed by atoms with van der Waals surface area (Å²) in [6, 6.07) is 7.09. The van der Waals surface area contributed by atoms with E-state index in [4.69, 9.17) is 0 Å². The second-order valence-corrected chi connectivity index (χ2v) is 6.83.